The Morgan fingerprint density at radius 3 is 2.71 bits per heavy atom. The quantitative estimate of drug-likeness (QED) is 0.704. The van der Waals surface area contributed by atoms with Gasteiger partial charge in [0.1, 0.15) is 5.82 Å². The number of nitrogens with zero attached hydrogens (tertiary/aromatic N) is 2. The summed E-state index contributed by atoms with van der Waals surface area (Å²) in [4.78, 5) is 4.77. The highest BCUT2D eigenvalue weighted by molar-refractivity contribution is 5.82. The first-order valence-electron chi connectivity index (χ1n) is 8.35. The van der Waals surface area contributed by atoms with Crippen molar-refractivity contribution in [3.8, 4) is 28.6 Å². The number of hydrogen-bond donors (Lipinski definition) is 2. The van der Waals surface area contributed by atoms with Crippen molar-refractivity contribution >= 4 is 11.0 Å². The van der Waals surface area contributed by atoms with Gasteiger partial charge in [-0.2, -0.15) is 0 Å². The molecule has 1 heterocycles. The van der Waals surface area contributed by atoms with Crippen LogP contribution in [0.5, 0.6) is 17.2 Å². The molecule has 1 aliphatic carbocycles. The fourth-order valence-corrected chi connectivity index (χ4v) is 3.25. The minimum absolute atomic E-state index is 0.192. The SMILES string of the molecule is CCOc1cc(-c2nc3ccccc3n2C2CCC2)cc(O)c1O. The van der Waals surface area contributed by atoms with Crippen LogP contribution in [0.1, 0.15) is 32.2 Å². The lowest BCUT2D eigenvalue weighted by atomic mass is 9.92. The molecule has 0 saturated heterocycles. The van der Waals surface area contributed by atoms with Crippen molar-refractivity contribution in [2.24, 2.45) is 0 Å². The topological polar surface area (TPSA) is 67.5 Å². The number of hydrogen-bond acceptors (Lipinski definition) is 4. The maximum absolute atomic E-state index is 10.1. The highest BCUT2D eigenvalue weighted by Gasteiger charge is 2.26. The van der Waals surface area contributed by atoms with Crippen LogP contribution in [0, 0.1) is 0 Å². The molecular weight excluding hydrogens is 304 g/mol. The third-order valence-corrected chi connectivity index (χ3v) is 4.65. The molecule has 5 nitrogen and oxygen atoms in total. The third kappa shape index (κ3) is 2.28. The van der Waals surface area contributed by atoms with Crippen LogP contribution in [-0.2, 0) is 0 Å². The number of fused-ring (bicyclic) bond motifs is 1. The zero-order chi connectivity index (χ0) is 16.7. The first-order chi connectivity index (χ1) is 11.7. The van der Waals surface area contributed by atoms with Crippen LogP contribution in [-0.4, -0.2) is 26.4 Å². The van der Waals surface area contributed by atoms with Crippen molar-refractivity contribution < 1.29 is 14.9 Å². The molecular formula is C19H20N2O3. The Hall–Kier alpha value is -2.69. The number of ether oxygens (including phenoxy) is 1. The highest BCUT2D eigenvalue weighted by atomic mass is 16.5. The van der Waals surface area contributed by atoms with Crippen molar-refractivity contribution in [2.45, 2.75) is 32.2 Å². The first-order valence-corrected chi connectivity index (χ1v) is 8.35. The van der Waals surface area contributed by atoms with Crippen LogP contribution < -0.4 is 4.74 Å². The molecule has 0 spiro atoms. The van der Waals surface area contributed by atoms with E-state index in [4.69, 9.17) is 9.72 Å². The number of aromatic nitrogens is 2. The van der Waals surface area contributed by atoms with Crippen molar-refractivity contribution in [1.82, 2.24) is 9.55 Å². The molecule has 1 aromatic heterocycles. The summed E-state index contributed by atoms with van der Waals surface area (Å²) in [6.07, 6.45) is 3.49. The van der Waals surface area contributed by atoms with Gasteiger partial charge in [-0.3, -0.25) is 0 Å². The Morgan fingerprint density at radius 1 is 1.21 bits per heavy atom. The summed E-state index contributed by atoms with van der Waals surface area (Å²) in [6, 6.07) is 11.8. The lowest BCUT2D eigenvalue weighted by molar-refractivity contribution is 0.308. The Kier molecular flexibility index (Phi) is 3.56. The Morgan fingerprint density at radius 2 is 2.00 bits per heavy atom. The summed E-state index contributed by atoms with van der Waals surface area (Å²) in [5.74, 6) is 0.659. The molecule has 0 bridgehead atoms. The zero-order valence-electron chi connectivity index (χ0n) is 13.6. The van der Waals surface area contributed by atoms with Gasteiger partial charge in [-0.05, 0) is 50.5 Å². The molecule has 1 aliphatic rings. The second-order valence-corrected chi connectivity index (χ2v) is 6.15. The number of phenolic OH excluding ortho intramolecular Hbond substituents is 2. The van der Waals surface area contributed by atoms with Gasteiger partial charge < -0.3 is 19.5 Å². The number of benzene rings is 2. The number of aromatic hydroxyl groups is 2. The van der Waals surface area contributed by atoms with Crippen LogP contribution in [0.3, 0.4) is 0 Å². The largest absolute Gasteiger partial charge is 0.504 e. The molecule has 0 radical (unpaired) electrons. The maximum atomic E-state index is 10.1. The molecule has 3 aromatic rings. The predicted molar refractivity (Wildman–Crippen MR) is 92.6 cm³/mol. The fourth-order valence-electron chi connectivity index (χ4n) is 3.25. The normalized spacial score (nSPS) is 14.7. The molecule has 4 rings (SSSR count). The summed E-state index contributed by atoms with van der Waals surface area (Å²) in [6.45, 7) is 2.25. The summed E-state index contributed by atoms with van der Waals surface area (Å²) < 4.78 is 7.70. The average molecular weight is 324 g/mol. The van der Waals surface area contributed by atoms with Crippen LogP contribution in [0.2, 0.25) is 0 Å². The van der Waals surface area contributed by atoms with Crippen molar-refractivity contribution in [2.75, 3.05) is 6.61 Å². The van der Waals surface area contributed by atoms with E-state index in [1.165, 1.54) is 6.42 Å². The minimum Gasteiger partial charge on any atom is -0.504 e. The summed E-state index contributed by atoms with van der Waals surface area (Å²) in [7, 11) is 0. The molecule has 0 atom stereocenters. The van der Waals surface area contributed by atoms with E-state index in [-0.39, 0.29) is 17.2 Å². The highest BCUT2D eigenvalue weighted by Crippen LogP contribution is 2.43. The van der Waals surface area contributed by atoms with Crippen molar-refractivity contribution in [3.05, 3.63) is 36.4 Å². The molecule has 2 N–H and O–H groups in total. The standard InChI is InChI=1S/C19H20N2O3/c1-2-24-17-11-12(10-16(22)18(17)23)19-20-14-8-3-4-9-15(14)21(19)13-6-5-7-13/h3-4,8-11,13,22-23H,2,5-7H2,1H3. The smallest absolute Gasteiger partial charge is 0.200 e. The van der Waals surface area contributed by atoms with Crippen LogP contribution in [0.15, 0.2) is 36.4 Å². The van der Waals surface area contributed by atoms with E-state index < -0.39 is 0 Å². The van der Waals surface area contributed by atoms with Gasteiger partial charge in [-0.15, -0.1) is 0 Å². The van der Waals surface area contributed by atoms with E-state index in [0.29, 0.717) is 12.6 Å². The second-order valence-electron chi connectivity index (χ2n) is 6.15. The van der Waals surface area contributed by atoms with E-state index in [9.17, 15) is 10.2 Å². The van der Waals surface area contributed by atoms with E-state index in [2.05, 4.69) is 10.6 Å². The van der Waals surface area contributed by atoms with Gasteiger partial charge in [0.2, 0.25) is 5.75 Å². The van der Waals surface area contributed by atoms with E-state index >= 15 is 0 Å². The van der Waals surface area contributed by atoms with Crippen molar-refractivity contribution in [1.29, 1.82) is 0 Å². The molecule has 5 heteroatoms. The number of phenols is 2. The number of rotatable bonds is 4. The third-order valence-electron chi connectivity index (χ3n) is 4.65. The summed E-state index contributed by atoms with van der Waals surface area (Å²) >= 11 is 0. The van der Waals surface area contributed by atoms with Crippen molar-refractivity contribution in [3.63, 3.8) is 0 Å². The van der Waals surface area contributed by atoms with E-state index in [1.807, 2.05) is 25.1 Å². The molecule has 2 aromatic carbocycles. The molecule has 1 saturated carbocycles. The molecule has 0 aliphatic heterocycles. The molecule has 0 amide bonds. The van der Waals surface area contributed by atoms with Crippen LogP contribution >= 0.6 is 0 Å². The van der Waals surface area contributed by atoms with Gasteiger partial charge in [0, 0.05) is 11.6 Å². The van der Waals surface area contributed by atoms with E-state index in [0.717, 1.165) is 35.3 Å². The van der Waals surface area contributed by atoms with Gasteiger partial charge in [0.15, 0.2) is 11.5 Å². The van der Waals surface area contributed by atoms with Gasteiger partial charge >= 0.3 is 0 Å². The fraction of sp³-hybridized carbons (Fsp3) is 0.316. The predicted octanol–water partition coefficient (Wildman–Crippen LogP) is 4.24. The van der Waals surface area contributed by atoms with Gasteiger partial charge in [-0.25, -0.2) is 4.98 Å². The van der Waals surface area contributed by atoms with E-state index in [1.54, 1.807) is 12.1 Å². The average Bonchev–Trinajstić information content (AvgIpc) is 2.90. The van der Waals surface area contributed by atoms with Crippen LogP contribution in [0.4, 0.5) is 0 Å². The lowest BCUT2D eigenvalue weighted by Crippen LogP contribution is -2.17. The van der Waals surface area contributed by atoms with Gasteiger partial charge in [-0.1, -0.05) is 12.1 Å². The summed E-state index contributed by atoms with van der Waals surface area (Å²) in [5.41, 5.74) is 2.78. The Labute approximate surface area is 140 Å². The monoisotopic (exact) mass is 324 g/mol. The molecule has 124 valence electrons. The maximum Gasteiger partial charge on any atom is 0.200 e. The summed E-state index contributed by atoms with van der Waals surface area (Å²) in [5, 5.41) is 20.1. The minimum atomic E-state index is -0.230. The molecule has 1 fully saturated rings. The van der Waals surface area contributed by atoms with Crippen LogP contribution in [0.25, 0.3) is 22.4 Å². The first kappa shape index (κ1) is 14.9. The Bertz CT molecular complexity index is 897. The Balaban J connectivity index is 1.93. The number of imidazole rings is 1. The lowest BCUT2D eigenvalue weighted by Gasteiger charge is -2.29. The molecule has 0 unspecified atom stereocenters. The molecule has 24 heavy (non-hydrogen) atoms. The van der Waals surface area contributed by atoms with Gasteiger partial charge in [0.25, 0.3) is 0 Å². The zero-order valence-corrected chi connectivity index (χ0v) is 13.6. The second kappa shape index (κ2) is 5.74. The van der Waals surface area contributed by atoms with Gasteiger partial charge in [0.05, 0.1) is 17.6 Å². The number of para-hydroxylation sites is 2.